The fourth-order valence-electron chi connectivity index (χ4n) is 4.00. The molecular formula is C19H24N4O3. The summed E-state index contributed by atoms with van der Waals surface area (Å²) >= 11 is 0. The lowest BCUT2D eigenvalue weighted by Crippen LogP contribution is -2.46. The highest BCUT2D eigenvalue weighted by molar-refractivity contribution is 5.95. The van der Waals surface area contributed by atoms with Crippen molar-refractivity contribution in [3.63, 3.8) is 0 Å². The number of aryl methyl sites for hydroxylation is 3. The van der Waals surface area contributed by atoms with Gasteiger partial charge in [-0.3, -0.25) is 14.3 Å². The van der Waals surface area contributed by atoms with Gasteiger partial charge in [-0.05, 0) is 38.8 Å². The van der Waals surface area contributed by atoms with E-state index in [1.54, 1.807) is 12.3 Å². The number of rotatable bonds is 3. The zero-order chi connectivity index (χ0) is 18.3. The lowest BCUT2D eigenvalue weighted by Gasteiger charge is -2.32. The molecule has 0 unspecified atom stereocenters. The minimum absolute atomic E-state index is 0.0270. The molecule has 1 fully saturated rings. The van der Waals surface area contributed by atoms with Crippen molar-refractivity contribution in [1.82, 2.24) is 19.6 Å². The number of nitrogens with zero attached hydrogens (tertiary/aromatic N) is 4. The Kier molecular flexibility index (Phi) is 4.30. The minimum atomic E-state index is -0.0364. The first-order chi connectivity index (χ1) is 12.5. The molecule has 2 aliphatic heterocycles. The average molecular weight is 356 g/mol. The molecule has 7 nitrogen and oxygen atoms in total. The van der Waals surface area contributed by atoms with Gasteiger partial charge in [0.05, 0.1) is 23.8 Å². The third-order valence-corrected chi connectivity index (χ3v) is 5.39. The summed E-state index contributed by atoms with van der Waals surface area (Å²) in [5.41, 5.74) is 1.62. The van der Waals surface area contributed by atoms with Gasteiger partial charge in [-0.15, -0.1) is 0 Å². The van der Waals surface area contributed by atoms with E-state index in [2.05, 4.69) is 5.10 Å². The molecule has 0 spiro atoms. The van der Waals surface area contributed by atoms with Gasteiger partial charge in [-0.25, -0.2) is 0 Å². The molecule has 0 aromatic carbocycles. The third kappa shape index (κ3) is 3.02. The fourth-order valence-corrected chi connectivity index (χ4v) is 4.00. The molecule has 2 aliphatic rings. The van der Waals surface area contributed by atoms with Crippen LogP contribution < -0.4 is 0 Å². The highest BCUT2D eigenvalue weighted by atomic mass is 16.3. The Balaban J connectivity index is 1.64. The molecule has 26 heavy (non-hydrogen) atoms. The van der Waals surface area contributed by atoms with Gasteiger partial charge in [0.1, 0.15) is 11.5 Å². The third-order valence-electron chi connectivity index (χ3n) is 5.39. The number of amides is 2. The fraction of sp³-hybridized carbons (Fsp3) is 0.526. The van der Waals surface area contributed by atoms with Gasteiger partial charge >= 0.3 is 0 Å². The zero-order valence-electron chi connectivity index (χ0n) is 15.3. The summed E-state index contributed by atoms with van der Waals surface area (Å²) in [5.74, 6) is 1.53. The number of fused-ring (bicyclic) bond motifs is 1. The molecule has 1 atom stereocenters. The number of likely N-dealkylation sites (tertiary alicyclic amines) is 1. The lowest BCUT2D eigenvalue weighted by molar-refractivity contribution is -0.128. The van der Waals surface area contributed by atoms with Gasteiger partial charge in [0.25, 0.3) is 5.91 Å². The first kappa shape index (κ1) is 16.9. The highest BCUT2D eigenvalue weighted by Gasteiger charge is 2.33. The summed E-state index contributed by atoms with van der Waals surface area (Å²) in [7, 11) is 0. The molecule has 7 heteroatoms. The number of carbonyl (C=O) groups excluding carboxylic acids is 2. The molecule has 0 radical (unpaired) electrons. The molecule has 2 aromatic heterocycles. The van der Waals surface area contributed by atoms with E-state index in [0.717, 1.165) is 37.4 Å². The highest BCUT2D eigenvalue weighted by Crippen LogP contribution is 2.24. The van der Waals surface area contributed by atoms with Crippen LogP contribution in [0.25, 0.3) is 0 Å². The normalized spacial score (nSPS) is 20.4. The van der Waals surface area contributed by atoms with Crippen LogP contribution in [0.5, 0.6) is 0 Å². The number of furan rings is 1. The van der Waals surface area contributed by atoms with Crippen molar-refractivity contribution >= 4 is 11.8 Å². The van der Waals surface area contributed by atoms with Gasteiger partial charge in [-0.1, -0.05) is 0 Å². The summed E-state index contributed by atoms with van der Waals surface area (Å²) in [6.07, 6.45) is 4.07. The van der Waals surface area contributed by atoms with Crippen LogP contribution in [0.2, 0.25) is 0 Å². The molecule has 4 heterocycles. The van der Waals surface area contributed by atoms with Gasteiger partial charge in [0.2, 0.25) is 5.91 Å². The van der Waals surface area contributed by atoms with Crippen LogP contribution >= 0.6 is 0 Å². The van der Waals surface area contributed by atoms with Crippen LogP contribution in [0.1, 0.15) is 46.8 Å². The average Bonchev–Trinajstić information content (AvgIpc) is 3.28. The molecule has 4 rings (SSSR count). The van der Waals surface area contributed by atoms with Gasteiger partial charge in [0, 0.05) is 32.3 Å². The molecule has 0 N–H and O–H groups in total. The Bertz CT molecular complexity index is 838. The smallest absolute Gasteiger partial charge is 0.258 e. The van der Waals surface area contributed by atoms with Crippen molar-refractivity contribution in [3.8, 4) is 0 Å². The Labute approximate surface area is 152 Å². The quantitative estimate of drug-likeness (QED) is 0.845. The first-order valence-electron chi connectivity index (χ1n) is 9.19. The van der Waals surface area contributed by atoms with E-state index < -0.39 is 0 Å². The lowest BCUT2D eigenvalue weighted by atomic mass is 10.1. The van der Waals surface area contributed by atoms with Crippen LogP contribution in [0.15, 0.2) is 22.7 Å². The summed E-state index contributed by atoms with van der Waals surface area (Å²) in [5, 5.41) is 4.37. The topological polar surface area (TPSA) is 71.6 Å². The van der Waals surface area contributed by atoms with Gasteiger partial charge in [0.15, 0.2) is 0 Å². The van der Waals surface area contributed by atoms with Crippen molar-refractivity contribution in [2.24, 2.45) is 0 Å². The predicted molar refractivity (Wildman–Crippen MR) is 94.5 cm³/mol. The van der Waals surface area contributed by atoms with E-state index in [-0.39, 0.29) is 17.9 Å². The Morgan fingerprint density at radius 2 is 2.19 bits per heavy atom. The van der Waals surface area contributed by atoms with Gasteiger partial charge in [-0.2, -0.15) is 5.10 Å². The van der Waals surface area contributed by atoms with Crippen molar-refractivity contribution in [3.05, 3.63) is 41.1 Å². The van der Waals surface area contributed by atoms with Crippen molar-refractivity contribution < 1.29 is 14.0 Å². The van der Waals surface area contributed by atoms with Gasteiger partial charge < -0.3 is 14.2 Å². The van der Waals surface area contributed by atoms with Crippen molar-refractivity contribution in [2.75, 3.05) is 13.1 Å². The Morgan fingerprint density at radius 1 is 1.35 bits per heavy atom. The molecule has 0 saturated carbocycles. The zero-order valence-corrected chi connectivity index (χ0v) is 15.3. The van der Waals surface area contributed by atoms with E-state index in [4.69, 9.17) is 4.42 Å². The number of hydrogen-bond donors (Lipinski definition) is 0. The van der Waals surface area contributed by atoms with Crippen LogP contribution in [0.4, 0.5) is 0 Å². The summed E-state index contributed by atoms with van der Waals surface area (Å²) in [6, 6.07) is 3.73. The maximum atomic E-state index is 13.3. The maximum Gasteiger partial charge on any atom is 0.258 e. The largest absolute Gasteiger partial charge is 0.466 e. The van der Waals surface area contributed by atoms with Crippen molar-refractivity contribution in [1.29, 1.82) is 0 Å². The first-order valence-corrected chi connectivity index (χ1v) is 9.19. The van der Waals surface area contributed by atoms with E-state index in [9.17, 15) is 9.59 Å². The van der Waals surface area contributed by atoms with E-state index in [0.29, 0.717) is 30.8 Å². The van der Waals surface area contributed by atoms with E-state index in [1.165, 1.54) is 0 Å². The number of carbonyl (C=O) groups is 2. The molecule has 138 valence electrons. The van der Waals surface area contributed by atoms with Crippen LogP contribution in [-0.4, -0.2) is 50.5 Å². The summed E-state index contributed by atoms with van der Waals surface area (Å²) < 4.78 is 7.53. The summed E-state index contributed by atoms with van der Waals surface area (Å²) in [4.78, 5) is 29.2. The monoisotopic (exact) mass is 356 g/mol. The number of hydrogen-bond acceptors (Lipinski definition) is 4. The second kappa shape index (κ2) is 6.63. The van der Waals surface area contributed by atoms with E-state index >= 15 is 0 Å². The van der Waals surface area contributed by atoms with Crippen LogP contribution in [-0.2, 0) is 17.9 Å². The maximum absolute atomic E-state index is 13.3. The molecular weight excluding hydrogens is 332 g/mol. The molecule has 2 aromatic rings. The Hall–Kier alpha value is -2.57. The van der Waals surface area contributed by atoms with Crippen molar-refractivity contribution in [2.45, 2.75) is 52.2 Å². The predicted octanol–water partition coefficient (Wildman–Crippen LogP) is 2.13. The SMILES string of the molecule is Cc1cc(C(=O)N2Cc3ccnn3CC[C@H]2CN2CCCC2=O)c(C)o1. The molecule has 1 saturated heterocycles. The second-order valence-corrected chi connectivity index (χ2v) is 7.19. The summed E-state index contributed by atoms with van der Waals surface area (Å²) in [6.45, 7) is 6.29. The van der Waals surface area contributed by atoms with Crippen LogP contribution in [0, 0.1) is 13.8 Å². The molecule has 2 amide bonds. The standard InChI is InChI=1S/C19H24N4O3/c1-13-10-17(14(2)26-13)19(25)22-12-16-5-7-20-23(16)9-6-15(22)11-21-8-3-4-18(21)24/h5,7,10,15H,3-4,6,8-9,11-12H2,1-2H3/t15-/m0/s1. The Morgan fingerprint density at radius 3 is 2.88 bits per heavy atom. The van der Waals surface area contributed by atoms with E-state index in [1.807, 2.05) is 34.4 Å². The number of aromatic nitrogens is 2. The molecule has 0 bridgehead atoms. The minimum Gasteiger partial charge on any atom is -0.466 e. The van der Waals surface area contributed by atoms with Crippen LogP contribution in [0.3, 0.4) is 0 Å². The molecule has 0 aliphatic carbocycles. The second-order valence-electron chi connectivity index (χ2n) is 7.19.